The molecule has 0 fully saturated rings. The number of hydrogen-bond donors (Lipinski definition) is 2. The van der Waals surface area contributed by atoms with Crippen molar-refractivity contribution in [2.45, 2.75) is 53.6 Å². The van der Waals surface area contributed by atoms with Crippen molar-refractivity contribution in [2.75, 3.05) is 31.3 Å². The molecule has 2 N–H and O–H groups in total. The molecule has 0 saturated heterocycles. The third kappa shape index (κ3) is 5.16. The summed E-state index contributed by atoms with van der Waals surface area (Å²) in [4.78, 5) is 19.9. The predicted molar refractivity (Wildman–Crippen MR) is 146 cm³/mol. The maximum atomic E-state index is 12.6. The number of anilines is 1. The van der Waals surface area contributed by atoms with Gasteiger partial charge in [0.25, 0.3) is 0 Å². The van der Waals surface area contributed by atoms with Gasteiger partial charge in [-0.15, -0.1) is 0 Å². The Labute approximate surface area is 217 Å². The second-order valence-corrected chi connectivity index (χ2v) is 10.1. The number of aryl methyl sites for hydroxylation is 3. The zero-order chi connectivity index (χ0) is 26.1. The molecule has 7 nitrogen and oxygen atoms in total. The summed E-state index contributed by atoms with van der Waals surface area (Å²) in [7, 11) is 0. The molecule has 0 amide bonds. The van der Waals surface area contributed by atoms with Gasteiger partial charge in [-0.25, -0.2) is 19.3 Å². The Bertz CT molecular complexity index is 1430. The van der Waals surface area contributed by atoms with Crippen molar-refractivity contribution in [2.24, 2.45) is 0 Å². The van der Waals surface area contributed by atoms with Gasteiger partial charge in [-0.05, 0) is 67.6 Å². The SMILES string of the molecule is Cc1nc2cc(-c3cc(C)c4c(c3)CN(c3nc(CNCCF)nc(C)c3C(C)C)CCO4)ccc2[nH]1. The van der Waals surface area contributed by atoms with E-state index in [4.69, 9.17) is 14.7 Å². The van der Waals surface area contributed by atoms with Crippen LogP contribution in [0.15, 0.2) is 30.3 Å². The summed E-state index contributed by atoms with van der Waals surface area (Å²) < 4.78 is 18.9. The maximum Gasteiger partial charge on any atom is 0.144 e. The van der Waals surface area contributed by atoms with Crippen LogP contribution in [0.1, 0.15) is 53.8 Å². The van der Waals surface area contributed by atoms with Gasteiger partial charge in [-0.2, -0.15) is 0 Å². The summed E-state index contributed by atoms with van der Waals surface area (Å²) in [5.74, 6) is 3.75. The third-order valence-electron chi connectivity index (χ3n) is 6.85. The number of alkyl halides is 1. The van der Waals surface area contributed by atoms with Crippen molar-refractivity contribution in [3.05, 3.63) is 64.4 Å². The standard InChI is InChI=1S/C29H35FN6O/c1-17(2)27-19(4)32-26(15-31-9-8-30)35-29(27)36-10-11-37-28-18(3)12-22(13-23(28)16-36)21-6-7-24-25(14-21)34-20(5)33-24/h6-7,12-14,17,31H,8-11,15-16H2,1-5H3,(H,33,34). The van der Waals surface area contributed by atoms with E-state index in [0.717, 1.165) is 68.5 Å². The lowest BCUT2D eigenvalue weighted by molar-refractivity contribution is 0.329. The number of H-pyrrole nitrogens is 1. The first kappa shape index (κ1) is 25.1. The van der Waals surface area contributed by atoms with Gasteiger partial charge in [0.1, 0.15) is 36.5 Å². The largest absolute Gasteiger partial charge is 0.491 e. The van der Waals surface area contributed by atoms with E-state index >= 15 is 0 Å². The highest BCUT2D eigenvalue weighted by atomic mass is 19.1. The smallest absolute Gasteiger partial charge is 0.144 e. The minimum atomic E-state index is -0.412. The van der Waals surface area contributed by atoms with E-state index in [1.165, 1.54) is 0 Å². The molecule has 0 bridgehead atoms. The molecule has 8 heteroatoms. The van der Waals surface area contributed by atoms with Crippen LogP contribution < -0.4 is 15.0 Å². The first-order valence-corrected chi connectivity index (χ1v) is 13.0. The molecular formula is C29H35FN6O. The molecule has 0 aliphatic carbocycles. The van der Waals surface area contributed by atoms with Crippen LogP contribution in [-0.4, -0.2) is 46.3 Å². The predicted octanol–water partition coefficient (Wildman–Crippen LogP) is 5.53. The van der Waals surface area contributed by atoms with Crippen molar-refractivity contribution in [3.8, 4) is 16.9 Å². The first-order chi connectivity index (χ1) is 17.8. The molecule has 1 aliphatic heterocycles. The summed E-state index contributed by atoms with van der Waals surface area (Å²) in [6.45, 7) is 12.8. The lowest BCUT2D eigenvalue weighted by Gasteiger charge is -2.27. The molecule has 37 heavy (non-hydrogen) atoms. The van der Waals surface area contributed by atoms with Gasteiger partial charge < -0.3 is 19.9 Å². The molecule has 2 aromatic heterocycles. The summed E-state index contributed by atoms with van der Waals surface area (Å²) in [6.07, 6.45) is 0. The van der Waals surface area contributed by atoms with Gasteiger partial charge in [0.05, 0.1) is 24.1 Å². The highest BCUT2D eigenvalue weighted by Gasteiger charge is 2.24. The highest BCUT2D eigenvalue weighted by molar-refractivity contribution is 5.82. The number of hydrogen-bond acceptors (Lipinski definition) is 6. The number of nitrogens with one attached hydrogen (secondary N) is 2. The number of rotatable bonds is 7. The van der Waals surface area contributed by atoms with Crippen LogP contribution in [0.25, 0.3) is 22.2 Å². The molecule has 0 unspecified atom stereocenters. The molecule has 0 saturated carbocycles. The Morgan fingerprint density at radius 3 is 2.70 bits per heavy atom. The van der Waals surface area contributed by atoms with E-state index in [1.807, 2.05) is 13.8 Å². The molecule has 3 heterocycles. The quantitative estimate of drug-likeness (QED) is 0.324. The average Bonchev–Trinajstić information content (AvgIpc) is 3.08. The normalized spacial score (nSPS) is 13.6. The minimum absolute atomic E-state index is 0.267. The van der Waals surface area contributed by atoms with Gasteiger partial charge in [0, 0.05) is 29.9 Å². The molecule has 194 valence electrons. The van der Waals surface area contributed by atoms with Crippen molar-refractivity contribution in [3.63, 3.8) is 0 Å². The van der Waals surface area contributed by atoms with Crippen molar-refractivity contribution >= 4 is 16.9 Å². The fraction of sp³-hybridized carbons (Fsp3) is 0.414. The molecular weight excluding hydrogens is 467 g/mol. The van der Waals surface area contributed by atoms with E-state index in [2.05, 4.69) is 71.3 Å². The van der Waals surface area contributed by atoms with Crippen LogP contribution in [0.3, 0.4) is 0 Å². The van der Waals surface area contributed by atoms with Gasteiger partial charge in [-0.3, -0.25) is 0 Å². The van der Waals surface area contributed by atoms with Crippen LogP contribution in [0.5, 0.6) is 5.75 Å². The van der Waals surface area contributed by atoms with Gasteiger partial charge in [-0.1, -0.05) is 19.9 Å². The minimum Gasteiger partial charge on any atom is -0.491 e. The average molecular weight is 503 g/mol. The van der Waals surface area contributed by atoms with E-state index < -0.39 is 6.67 Å². The topological polar surface area (TPSA) is 79.0 Å². The second-order valence-electron chi connectivity index (χ2n) is 10.1. The monoisotopic (exact) mass is 502 g/mol. The van der Waals surface area contributed by atoms with E-state index in [0.29, 0.717) is 32.1 Å². The first-order valence-electron chi connectivity index (χ1n) is 13.0. The molecule has 0 atom stereocenters. The van der Waals surface area contributed by atoms with Crippen LogP contribution in [0, 0.1) is 20.8 Å². The molecule has 5 rings (SSSR count). The zero-order valence-electron chi connectivity index (χ0n) is 22.3. The number of nitrogens with zero attached hydrogens (tertiary/aromatic N) is 4. The van der Waals surface area contributed by atoms with Crippen LogP contribution >= 0.6 is 0 Å². The summed E-state index contributed by atoms with van der Waals surface area (Å²) >= 11 is 0. The summed E-state index contributed by atoms with van der Waals surface area (Å²) in [5.41, 5.74) is 8.64. The van der Waals surface area contributed by atoms with E-state index in [1.54, 1.807) is 0 Å². The van der Waals surface area contributed by atoms with Crippen molar-refractivity contribution < 1.29 is 9.13 Å². The summed E-state index contributed by atoms with van der Waals surface area (Å²) in [6, 6.07) is 10.8. The summed E-state index contributed by atoms with van der Waals surface area (Å²) in [5, 5.41) is 3.08. The third-order valence-corrected chi connectivity index (χ3v) is 6.85. The number of aromatic amines is 1. The fourth-order valence-electron chi connectivity index (χ4n) is 5.26. The van der Waals surface area contributed by atoms with Crippen molar-refractivity contribution in [1.29, 1.82) is 0 Å². The lowest BCUT2D eigenvalue weighted by Crippen LogP contribution is -2.29. The molecule has 4 aromatic rings. The number of benzene rings is 2. The van der Waals surface area contributed by atoms with Crippen molar-refractivity contribution in [1.82, 2.24) is 25.3 Å². The number of ether oxygens (including phenoxy) is 1. The van der Waals surface area contributed by atoms with Gasteiger partial charge >= 0.3 is 0 Å². The number of imidazole rings is 1. The van der Waals surface area contributed by atoms with Gasteiger partial charge in [0.15, 0.2) is 0 Å². The zero-order valence-corrected chi connectivity index (χ0v) is 22.3. The van der Waals surface area contributed by atoms with Crippen LogP contribution in [0.4, 0.5) is 10.2 Å². The molecule has 0 radical (unpaired) electrons. The molecule has 1 aliphatic rings. The number of halogens is 1. The lowest BCUT2D eigenvalue weighted by atomic mass is 9.98. The number of fused-ring (bicyclic) bond motifs is 2. The molecule has 0 spiro atoms. The fourth-order valence-corrected chi connectivity index (χ4v) is 5.26. The number of aromatic nitrogens is 4. The Hall–Kier alpha value is -3.52. The Kier molecular flexibility index (Phi) is 7.11. The second kappa shape index (κ2) is 10.5. The maximum absolute atomic E-state index is 12.6. The van der Waals surface area contributed by atoms with Crippen LogP contribution in [0.2, 0.25) is 0 Å². The highest BCUT2D eigenvalue weighted by Crippen LogP contribution is 2.36. The van der Waals surface area contributed by atoms with Gasteiger partial charge in [0.2, 0.25) is 0 Å². The van der Waals surface area contributed by atoms with E-state index in [9.17, 15) is 4.39 Å². The Morgan fingerprint density at radius 1 is 1.08 bits per heavy atom. The Morgan fingerprint density at radius 2 is 1.92 bits per heavy atom. The van der Waals surface area contributed by atoms with Crippen LogP contribution in [-0.2, 0) is 13.1 Å². The molecule has 2 aromatic carbocycles. The Balaban J connectivity index is 1.53. The van der Waals surface area contributed by atoms with E-state index in [-0.39, 0.29) is 5.92 Å².